The zero-order valence-corrected chi connectivity index (χ0v) is 13.9. The van der Waals surface area contributed by atoms with Crippen LogP contribution in [0.5, 0.6) is 0 Å². The number of amides is 1. The Morgan fingerprint density at radius 1 is 1.43 bits per heavy atom. The lowest BCUT2D eigenvalue weighted by molar-refractivity contribution is -0.116. The highest BCUT2D eigenvalue weighted by atomic mass is 79.9. The Morgan fingerprint density at radius 3 is 2.95 bits per heavy atom. The van der Waals surface area contributed by atoms with E-state index in [4.69, 9.17) is 16.1 Å². The molecule has 0 radical (unpaired) electrons. The summed E-state index contributed by atoms with van der Waals surface area (Å²) in [4.78, 5) is 16.1. The van der Waals surface area contributed by atoms with Crippen molar-refractivity contribution in [1.82, 2.24) is 10.1 Å². The lowest BCUT2D eigenvalue weighted by Gasteiger charge is -2.06. The number of aryl methyl sites for hydroxylation is 2. The molecule has 0 spiro atoms. The minimum Gasteiger partial charge on any atom is -0.339 e. The number of carbonyl (C=O) groups excluding carboxylic acids is 1. The Labute approximate surface area is 136 Å². The van der Waals surface area contributed by atoms with Crippen molar-refractivity contribution in [2.45, 2.75) is 32.6 Å². The summed E-state index contributed by atoms with van der Waals surface area (Å²) >= 11 is 9.36. The van der Waals surface area contributed by atoms with Gasteiger partial charge < -0.3 is 9.84 Å². The fraction of sp³-hybridized carbons (Fsp3) is 0.357. The van der Waals surface area contributed by atoms with Gasteiger partial charge in [0.15, 0.2) is 5.82 Å². The van der Waals surface area contributed by atoms with Crippen molar-refractivity contribution in [1.29, 1.82) is 0 Å². The van der Waals surface area contributed by atoms with Crippen molar-refractivity contribution >= 4 is 39.1 Å². The summed E-state index contributed by atoms with van der Waals surface area (Å²) < 4.78 is 5.94. The van der Waals surface area contributed by atoms with E-state index in [1.165, 1.54) is 0 Å². The van der Waals surface area contributed by atoms with E-state index in [2.05, 4.69) is 31.4 Å². The van der Waals surface area contributed by atoms with Gasteiger partial charge in [0.1, 0.15) is 0 Å². The monoisotopic (exact) mass is 371 g/mol. The first-order valence-electron chi connectivity index (χ1n) is 6.65. The van der Waals surface area contributed by atoms with E-state index in [1.54, 1.807) is 12.1 Å². The van der Waals surface area contributed by atoms with Gasteiger partial charge in [-0.1, -0.05) is 39.6 Å². The number of hydrogen-bond donors (Lipinski definition) is 1. The number of nitrogens with zero attached hydrogens (tertiary/aromatic N) is 2. The van der Waals surface area contributed by atoms with Gasteiger partial charge >= 0.3 is 0 Å². The molecule has 0 unspecified atom stereocenters. The molecule has 0 atom stereocenters. The summed E-state index contributed by atoms with van der Waals surface area (Å²) in [5, 5.41) is 7.09. The Bertz CT molecular complexity index is 630. The normalized spacial score (nSPS) is 10.6. The Kier molecular flexibility index (Phi) is 5.76. The van der Waals surface area contributed by atoms with Crippen LogP contribution in [0.1, 0.15) is 31.5 Å². The van der Waals surface area contributed by atoms with Crippen LogP contribution < -0.4 is 5.32 Å². The third-order valence-electron chi connectivity index (χ3n) is 2.75. The number of hydrogen-bond acceptors (Lipinski definition) is 4. The van der Waals surface area contributed by atoms with Gasteiger partial charge in [-0.05, 0) is 24.6 Å². The molecule has 0 aliphatic carbocycles. The van der Waals surface area contributed by atoms with Crippen molar-refractivity contribution in [3.8, 4) is 0 Å². The van der Waals surface area contributed by atoms with Crippen LogP contribution in [-0.2, 0) is 17.6 Å². The summed E-state index contributed by atoms with van der Waals surface area (Å²) in [6, 6.07) is 5.29. The summed E-state index contributed by atoms with van der Waals surface area (Å²) in [5.41, 5.74) is 0.585. The molecule has 1 heterocycles. The van der Waals surface area contributed by atoms with E-state index in [0.717, 1.165) is 17.3 Å². The van der Waals surface area contributed by atoms with E-state index in [1.807, 2.05) is 13.0 Å². The van der Waals surface area contributed by atoms with Crippen LogP contribution in [0, 0.1) is 0 Å². The minimum absolute atomic E-state index is 0.144. The second-order valence-corrected chi connectivity index (χ2v) is 5.85. The molecule has 7 heteroatoms. The minimum atomic E-state index is -0.144. The molecule has 0 aliphatic rings. The smallest absolute Gasteiger partial charge is 0.227 e. The molecule has 1 aromatic carbocycles. The Hall–Kier alpha value is -1.40. The van der Waals surface area contributed by atoms with Crippen molar-refractivity contribution < 1.29 is 9.32 Å². The maximum Gasteiger partial charge on any atom is 0.227 e. The molecule has 2 rings (SSSR count). The number of aromatic nitrogens is 2. The maximum absolute atomic E-state index is 11.9. The first kappa shape index (κ1) is 16.0. The number of halogens is 2. The van der Waals surface area contributed by atoms with Gasteiger partial charge in [-0.15, -0.1) is 0 Å². The topological polar surface area (TPSA) is 68.0 Å². The molecule has 112 valence electrons. The molecule has 21 heavy (non-hydrogen) atoms. The average Bonchev–Trinajstić information content (AvgIpc) is 2.88. The van der Waals surface area contributed by atoms with Crippen LogP contribution in [0.15, 0.2) is 27.2 Å². The predicted octanol–water partition coefficient (Wildman–Crippen LogP) is 4.01. The first-order chi connectivity index (χ1) is 10.1. The fourth-order valence-electron chi connectivity index (χ4n) is 1.74. The summed E-state index contributed by atoms with van der Waals surface area (Å²) in [5.74, 6) is 1.02. The summed E-state index contributed by atoms with van der Waals surface area (Å²) in [7, 11) is 0. The molecule has 5 nitrogen and oxygen atoms in total. The lowest BCUT2D eigenvalue weighted by atomic mass is 10.2. The predicted molar refractivity (Wildman–Crippen MR) is 84.4 cm³/mol. The van der Waals surface area contributed by atoms with Crippen LogP contribution >= 0.6 is 27.5 Å². The molecule has 0 saturated carbocycles. The number of nitrogens with one attached hydrogen (secondary N) is 1. The van der Waals surface area contributed by atoms with Crippen molar-refractivity contribution in [3.05, 3.63) is 39.4 Å². The zero-order valence-electron chi connectivity index (χ0n) is 11.5. The van der Waals surface area contributed by atoms with Crippen molar-refractivity contribution in [2.75, 3.05) is 5.32 Å². The van der Waals surface area contributed by atoms with Gasteiger partial charge in [-0.25, -0.2) is 0 Å². The van der Waals surface area contributed by atoms with Crippen LogP contribution in [-0.4, -0.2) is 16.0 Å². The van der Waals surface area contributed by atoms with Gasteiger partial charge in [0.25, 0.3) is 0 Å². The number of rotatable bonds is 6. The first-order valence-corrected chi connectivity index (χ1v) is 7.82. The number of carbonyl (C=O) groups is 1. The molecule has 1 aromatic heterocycles. The van der Waals surface area contributed by atoms with Gasteiger partial charge in [0.2, 0.25) is 11.8 Å². The lowest BCUT2D eigenvalue weighted by Crippen LogP contribution is -2.12. The van der Waals surface area contributed by atoms with Gasteiger partial charge in [-0.2, -0.15) is 4.98 Å². The van der Waals surface area contributed by atoms with Crippen LogP contribution in [0.2, 0.25) is 5.02 Å². The Balaban J connectivity index is 1.86. The maximum atomic E-state index is 11.9. The van der Waals surface area contributed by atoms with Crippen LogP contribution in [0.3, 0.4) is 0 Å². The van der Waals surface area contributed by atoms with Crippen LogP contribution in [0.25, 0.3) is 0 Å². The third-order valence-corrected chi connectivity index (χ3v) is 3.56. The largest absolute Gasteiger partial charge is 0.339 e. The number of benzene rings is 1. The van der Waals surface area contributed by atoms with Crippen molar-refractivity contribution in [3.63, 3.8) is 0 Å². The molecule has 0 aliphatic heterocycles. The number of anilines is 1. The molecular formula is C14H15BrClN3O2. The molecule has 2 aromatic rings. The highest BCUT2D eigenvalue weighted by Crippen LogP contribution is 2.25. The summed E-state index contributed by atoms with van der Waals surface area (Å²) in [6.45, 7) is 2.05. The molecule has 1 amide bonds. The second-order valence-electron chi connectivity index (χ2n) is 4.53. The second kappa shape index (κ2) is 7.56. The third kappa shape index (κ3) is 4.82. The fourth-order valence-corrected chi connectivity index (χ4v) is 2.46. The summed E-state index contributed by atoms with van der Waals surface area (Å²) in [6.07, 6.45) is 2.42. The standard InChI is InChI=1S/C14H15BrClN3O2/c1-2-3-12-18-14(21-19-12)7-6-13(20)17-11-5-4-9(15)8-10(11)16/h4-5,8H,2-3,6-7H2,1H3,(H,17,20). The molecule has 0 bridgehead atoms. The molecular weight excluding hydrogens is 358 g/mol. The van der Waals surface area contributed by atoms with E-state index in [0.29, 0.717) is 28.8 Å². The highest BCUT2D eigenvalue weighted by molar-refractivity contribution is 9.10. The molecule has 0 fully saturated rings. The van der Waals surface area contributed by atoms with Gasteiger partial charge in [-0.3, -0.25) is 4.79 Å². The van der Waals surface area contributed by atoms with Crippen molar-refractivity contribution in [2.24, 2.45) is 0 Å². The average molecular weight is 373 g/mol. The van der Waals surface area contributed by atoms with Gasteiger partial charge in [0.05, 0.1) is 10.7 Å². The molecule has 1 N–H and O–H groups in total. The molecule has 0 saturated heterocycles. The van der Waals surface area contributed by atoms with E-state index >= 15 is 0 Å². The van der Waals surface area contributed by atoms with E-state index in [9.17, 15) is 4.79 Å². The van der Waals surface area contributed by atoms with E-state index in [-0.39, 0.29) is 12.3 Å². The van der Waals surface area contributed by atoms with E-state index < -0.39 is 0 Å². The SMILES string of the molecule is CCCc1noc(CCC(=O)Nc2ccc(Br)cc2Cl)n1. The zero-order chi connectivity index (χ0) is 15.2. The van der Waals surface area contributed by atoms with Crippen LogP contribution in [0.4, 0.5) is 5.69 Å². The Morgan fingerprint density at radius 2 is 2.24 bits per heavy atom. The van der Waals surface area contributed by atoms with Gasteiger partial charge in [0, 0.05) is 23.7 Å². The highest BCUT2D eigenvalue weighted by Gasteiger charge is 2.10. The quantitative estimate of drug-likeness (QED) is 0.832.